The van der Waals surface area contributed by atoms with Gasteiger partial charge in [-0.05, 0) is 25.3 Å². The molecule has 1 amide bonds. The van der Waals surface area contributed by atoms with Crippen LogP contribution in [0.2, 0.25) is 0 Å². The van der Waals surface area contributed by atoms with Crippen molar-refractivity contribution in [1.82, 2.24) is 5.32 Å². The molecule has 4 nitrogen and oxygen atoms in total. The van der Waals surface area contributed by atoms with E-state index in [9.17, 15) is 4.79 Å². The summed E-state index contributed by atoms with van der Waals surface area (Å²) < 4.78 is 4.77. The Hall–Kier alpha value is -0.610. The third-order valence-corrected chi connectivity index (χ3v) is 2.83. The van der Waals surface area contributed by atoms with Crippen LogP contribution in [0.1, 0.15) is 25.7 Å². The molecule has 1 saturated carbocycles. The van der Waals surface area contributed by atoms with Crippen molar-refractivity contribution in [1.29, 1.82) is 0 Å². The summed E-state index contributed by atoms with van der Waals surface area (Å²) in [6.07, 6.45) is 4.61. The van der Waals surface area contributed by atoms with Crippen molar-refractivity contribution in [3.8, 4) is 0 Å². The highest BCUT2D eigenvalue weighted by Gasteiger charge is 2.24. The summed E-state index contributed by atoms with van der Waals surface area (Å²) in [7, 11) is 1.53. The van der Waals surface area contributed by atoms with E-state index in [1.54, 1.807) is 0 Å². The predicted molar refractivity (Wildman–Crippen MR) is 54.8 cm³/mol. The summed E-state index contributed by atoms with van der Waals surface area (Å²) >= 11 is 0. The second kappa shape index (κ2) is 5.98. The van der Waals surface area contributed by atoms with Gasteiger partial charge in [-0.25, -0.2) is 0 Å². The van der Waals surface area contributed by atoms with Crippen molar-refractivity contribution < 1.29 is 9.53 Å². The molecule has 0 bridgehead atoms. The fraction of sp³-hybridized carbons (Fsp3) is 0.900. The van der Waals surface area contributed by atoms with Crippen LogP contribution in [0.3, 0.4) is 0 Å². The first kappa shape index (κ1) is 11.5. The Bertz CT molecular complexity index is 185. The van der Waals surface area contributed by atoms with E-state index in [0.29, 0.717) is 12.5 Å². The summed E-state index contributed by atoms with van der Waals surface area (Å²) in [5.74, 6) is 0.419. The molecule has 0 spiro atoms. The van der Waals surface area contributed by atoms with Crippen molar-refractivity contribution in [3.05, 3.63) is 0 Å². The zero-order valence-electron chi connectivity index (χ0n) is 8.79. The molecule has 1 unspecified atom stereocenters. The molecule has 3 N–H and O–H groups in total. The van der Waals surface area contributed by atoms with Gasteiger partial charge in [-0.1, -0.05) is 12.8 Å². The Labute approximate surface area is 85.2 Å². The minimum Gasteiger partial charge on any atom is -0.375 e. The number of ether oxygens (including phenoxy) is 1. The molecule has 1 aliphatic carbocycles. The van der Waals surface area contributed by atoms with Gasteiger partial charge in [0, 0.05) is 13.2 Å². The van der Waals surface area contributed by atoms with E-state index in [1.807, 2.05) is 0 Å². The minimum absolute atomic E-state index is 0.0298. The van der Waals surface area contributed by atoms with Gasteiger partial charge >= 0.3 is 0 Å². The zero-order valence-corrected chi connectivity index (χ0v) is 8.79. The molecular weight excluding hydrogens is 180 g/mol. The summed E-state index contributed by atoms with van der Waals surface area (Å²) in [5, 5.41) is 2.98. The molecule has 0 aromatic carbocycles. The van der Waals surface area contributed by atoms with Gasteiger partial charge in [0.15, 0.2) is 0 Å². The lowest BCUT2D eigenvalue weighted by Gasteiger charge is -2.31. The average Bonchev–Trinajstić information content (AvgIpc) is 2.19. The number of amides is 1. The molecule has 1 fully saturated rings. The lowest BCUT2D eigenvalue weighted by atomic mass is 9.84. The van der Waals surface area contributed by atoms with Gasteiger partial charge < -0.3 is 15.8 Å². The molecule has 2 atom stereocenters. The normalized spacial score (nSPS) is 27.3. The fourth-order valence-corrected chi connectivity index (χ4v) is 2.06. The van der Waals surface area contributed by atoms with Crippen LogP contribution in [-0.2, 0) is 9.53 Å². The Morgan fingerprint density at radius 1 is 1.50 bits per heavy atom. The van der Waals surface area contributed by atoms with Gasteiger partial charge in [-0.2, -0.15) is 0 Å². The van der Waals surface area contributed by atoms with Crippen molar-refractivity contribution in [2.24, 2.45) is 11.7 Å². The second-order valence-electron chi connectivity index (χ2n) is 3.89. The standard InChI is InChI=1S/C10H20N2O2/c1-14-7-10(13)12-9-5-3-2-4-8(9)6-11/h8-9H,2-7,11H2,1H3,(H,12,13)/t8-,9?/m0/s1. The van der Waals surface area contributed by atoms with Gasteiger partial charge in [0.2, 0.25) is 5.91 Å². The molecule has 0 aromatic heterocycles. The third kappa shape index (κ3) is 3.27. The number of hydrogen-bond donors (Lipinski definition) is 2. The molecular formula is C10H20N2O2. The summed E-state index contributed by atoms with van der Waals surface area (Å²) in [6, 6.07) is 0.261. The fourth-order valence-electron chi connectivity index (χ4n) is 2.06. The number of rotatable bonds is 4. The van der Waals surface area contributed by atoms with Crippen LogP contribution in [0, 0.1) is 5.92 Å². The SMILES string of the molecule is COCC(=O)NC1CCCC[C@H]1CN. The second-order valence-corrected chi connectivity index (χ2v) is 3.89. The van der Waals surface area contributed by atoms with Crippen LogP contribution < -0.4 is 11.1 Å². The lowest BCUT2D eigenvalue weighted by Crippen LogP contribution is -2.45. The Morgan fingerprint density at radius 3 is 2.86 bits per heavy atom. The Morgan fingerprint density at radius 2 is 2.21 bits per heavy atom. The smallest absolute Gasteiger partial charge is 0.246 e. The first-order chi connectivity index (χ1) is 6.77. The first-order valence-electron chi connectivity index (χ1n) is 5.26. The monoisotopic (exact) mass is 200 g/mol. The van der Waals surface area contributed by atoms with E-state index in [1.165, 1.54) is 20.0 Å². The van der Waals surface area contributed by atoms with Gasteiger partial charge in [0.25, 0.3) is 0 Å². The molecule has 0 aromatic rings. The van der Waals surface area contributed by atoms with Crippen LogP contribution in [0.15, 0.2) is 0 Å². The van der Waals surface area contributed by atoms with E-state index < -0.39 is 0 Å². The molecule has 0 radical (unpaired) electrons. The molecule has 0 saturated heterocycles. The molecule has 0 heterocycles. The number of carbonyl (C=O) groups is 1. The van der Waals surface area contributed by atoms with Gasteiger partial charge in [-0.3, -0.25) is 4.79 Å². The van der Waals surface area contributed by atoms with Gasteiger partial charge in [0.05, 0.1) is 0 Å². The van der Waals surface area contributed by atoms with E-state index in [-0.39, 0.29) is 18.6 Å². The number of nitrogens with two attached hydrogens (primary N) is 1. The quantitative estimate of drug-likeness (QED) is 0.684. The predicted octanol–water partition coefficient (Wildman–Crippen LogP) is 0.267. The van der Waals surface area contributed by atoms with Crippen molar-refractivity contribution in [2.75, 3.05) is 20.3 Å². The zero-order chi connectivity index (χ0) is 10.4. The first-order valence-corrected chi connectivity index (χ1v) is 5.26. The topological polar surface area (TPSA) is 64.3 Å². The Kier molecular flexibility index (Phi) is 4.90. The third-order valence-electron chi connectivity index (χ3n) is 2.83. The number of carbonyl (C=O) groups excluding carboxylic acids is 1. The summed E-state index contributed by atoms with van der Waals surface area (Å²) in [6.45, 7) is 0.811. The van der Waals surface area contributed by atoms with Crippen LogP contribution in [-0.4, -0.2) is 32.2 Å². The maximum Gasteiger partial charge on any atom is 0.246 e. The average molecular weight is 200 g/mol. The van der Waals surface area contributed by atoms with Crippen molar-refractivity contribution in [3.63, 3.8) is 0 Å². The van der Waals surface area contributed by atoms with E-state index in [2.05, 4.69) is 5.32 Å². The van der Waals surface area contributed by atoms with Crippen LogP contribution in [0.4, 0.5) is 0 Å². The molecule has 82 valence electrons. The van der Waals surface area contributed by atoms with E-state index >= 15 is 0 Å². The van der Waals surface area contributed by atoms with Crippen LogP contribution >= 0.6 is 0 Å². The highest BCUT2D eigenvalue weighted by atomic mass is 16.5. The van der Waals surface area contributed by atoms with Gasteiger partial charge in [-0.15, -0.1) is 0 Å². The molecule has 0 aliphatic heterocycles. The highest BCUT2D eigenvalue weighted by molar-refractivity contribution is 5.77. The number of nitrogens with one attached hydrogen (secondary N) is 1. The number of hydrogen-bond acceptors (Lipinski definition) is 3. The summed E-state index contributed by atoms with van der Waals surface area (Å²) in [4.78, 5) is 11.3. The maximum absolute atomic E-state index is 11.3. The van der Waals surface area contributed by atoms with Crippen LogP contribution in [0.5, 0.6) is 0 Å². The molecule has 1 rings (SSSR count). The molecule has 14 heavy (non-hydrogen) atoms. The highest BCUT2D eigenvalue weighted by Crippen LogP contribution is 2.23. The van der Waals surface area contributed by atoms with E-state index in [4.69, 9.17) is 10.5 Å². The lowest BCUT2D eigenvalue weighted by molar-refractivity contribution is -0.126. The molecule has 1 aliphatic rings. The number of methoxy groups -OCH3 is 1. The van der Waals surface area contributed by atoms with Gasteiger partial charge in [0.1, 0.15) is 6.61 Å². The molecule has 4 heteroatoms. The Balaban J connectivity index is 2.36. The minimum atomic E-state index is -0.0298. The summed E-state index contributed by atoms with van der Waals surface area (Å²) in [5.41, 5.74) is 5.66. The maximum atomic E-state index is 11.3. The van der Waals surface area contributed by atoms with Crippen LogP contribution in [0.25, 0.3) is 0 Å². The van der Waals surface area contributed by atoms with Crippen molar-refractivity contribution >= 4 is 5.91 Å². The van der Waals surface area contributed by atoms with E-state index in [0.717, 1.165) is 12.8 Å². The largest absolute Gasteiger partial charge is 0.375 e. The van der Waals surface area contributed by atoms with Crippen molar-refractivity contribution in [2.45, 2.75) is 31.7 Å².